The van der Waals surface area contributed by atoms with Gasteiger partial charge in [-0.3, -0.25) is 0 Å². The van der Waals surface area contributed by atoms with Crippen LogP contribution in [0.4, 0.5) is 0 Å². The zero-order valence-electron chi connectivity index (χ0n) is 13.2. The van der Waals surface area contributed by atoms with Crippen molar-refractivity contribution in [2.24, 2.45) is 5.92 Å². The summed E-state index contributed by atoms with van der Waals surface area (Å²) in [6, 6.07) is 2.50. The van der Waals surface area contributed by atoms with E-state index in [4.69, 9.17) is 0 Å². The van der Waals surface area contributed by atoms with Crippen molar-refractivity contribution >= 4 is 10.0 Å². The van der Waals surface area contributed by atoms with Gasteiger partial charge in [-0.15, -0.1) is 0 Å². The van der Waals surface area contributed by atoms with Crippen molar-refractivity contribution in [3.63, 3.8) is 0 Å². The molecule has 1 aromatic rings. The molecule has 2 rings (SSSR count). The Morgan fingerprint density at radius 2 is 2.24 bits per heavy atom. The minimum Gasteiger partial charge on any atom is -0.354 e. The Labute approximate surface area is 128 Å². The molecule has 2 atom stereocenters. The molecule has 0 spiro atoms. The Balaban J connectivity index is 1.95. The van der Waals surface area contributed by atoms with Crippen LogP contribution in [0.1, 0.15) is 38.3 Å². The first-order chi connectivity index (χ1) is 9.90. The van der Waals surface area contributed by atoms with Gasteiger partial charge in [-0.25, -0.2) is 12.7 Å². The zero-order valence-corrected chi connectivity index (χ0v) is 14.1. The van der Waals surface area contributed by atoms with Crippen LogP contribution in [0.3, 0.4) is 0 Å². The van der Waals surface area contributed by atoms with Gasteiger partial charge in [0.25, 0.3) is 0 Å². The molecule has 0 radical (unpaired) electrons. The number of nitrogens with one attached hydrogen (secondary N) is 1. The molecule has 21 heavy (non-hydrogen) atoms. The van der Waals surface area contributed by atoms with E-state index in [0.717, 1.165) is 25.9 Å². The maximum atomic E-state index is 11.7. The predicted octanol–water partition coefficient (Wildman–Crippen LogP) is 1.83. The van der Waals surface area contributed by atoms with Crippen molar-refractivity contribution < 1.29 is 8.42 Å². The predicted molar refractivity (Wildman–Crippen MR) is 85.7 cm³/mol. The van der Waals surface area contributed by atoms with Gasteiger partial charge < -0.3 is 9.88 Å². The maximum Gasteiger partial charge on any atom is 0.211 e. The second-order valence-corrected chi connectivity index (χ2v) is 8.03. The Morgan fingerprint density at radius 3 is 2.90 bits per heavy atom. The quantitative estimate of drug-likeness (QED) is 0.872. The summed E-state index contributed by atoms with van der Waals surface area (Å²) in [4.78, 5) is 0. The second-order valence-electron chi connectivity index (χ2n) is 6.05. The fourth-order valence-electron chi connectivity index (χ4n) is 3.03. The largest absolute Gasteiger partial charge is 0.354 e. The molecule has 1 aliphatic heterocycles. The third-order valence-electron chi connectivity index (χ3n) is 4.20. The molecule has 2 heterocycles. The minimum atomic E-state index is -3.05. The van der Waals surface area contributed by atoms with Crippen LogP contribution >= 0.6 is 0 Å². The summed E-state index contributed by atoms with van der Waals surface area (Å²) in [6.07, 6.45) is 7.64. The van der Waals surface area contributed by atoms with Crippen molar-refractivity contribution in [1.29, 1.82) is 0 Å². The van der Waals surface area contributed by atoms with Crippen molar-refractivity contribution in [2.75, 3.05) is 25.9 Å². The van der Waals surface area contributed by atoms with Crippen LogP contribution in [0, 0.1) is 5.92 Å². The van der Waals surface area contributed by atoms with Crippen LogP contribution in [-0.4, -0.2) is 43.2 Å². The lowest BCUT2D eigenvalue weighted by atomic mass is 10.00. The van der Waals surface area contributed by atoms with E-state index in [9.17, 15) is 8.42 Å². The normalized spacial score (nSPS) is 22.3. The van der Waals surface area contributed by atoms with Crippen LogP contribution in [0.2, 0.25) is 0 Å². The van der Waals surface area contributed by atoms with Gasteiger partial charge in [0.15, 0.2) is 0 Å². The van der Waals surface area contributed by atoms with Gasteiger partial charge in [-0.2, -0.15) is 0 Å². The van der Waals surface area contributed by atoms with Crippen molar-refractivity contribution in [3.8, 4) is 0 Å². The summed E-state index contributed by atoms with van der Waals surface area (Å²) < 4.78 is 27.1. The Morgan fingerprint density at radius 1 is 1.48 bits per heavy atom. The first-order valence-electron chi connectivity index (χ1n) is 7.74. The summed E-state index contributed by atoms with van der Waals surface area (Å²) in [7, 11) is -3.05. The van der Waals surface area contributed by atoms with E-state index in [1.165, 1.54) is 11.8 Å². The van der Waals surface area contributed by atoms with E-state index < -0.39 is 10.0 Å². The van der Waals surface area contributed by atoms with Gasteiger partial charge in [0.2, 0.25) is 10.0 Å². The summed E-state index contributed by atoms with van der Waals surface area (Å²) in [5.41, 5.74) is 1.28. The van der Waals surface area contributed by atoms with E-state index in [1.54, 1.807) is 4.31 Å². The molecule has 2 unspecified atom stereocenters. The van der Waals surface area contributed by atoms with Gasteiger partial charge in [0, 0.05) is 38.1 Å². The lowest BCUT2D eigenvalue weighted by Gasteiger charge is -2.31. The van der Waals surface area contributed by atoms with E-state index in [-0.39, 0.29) is 0 Å². The fourth-order valence-corrected chi connectivity index (χ4v) is 3.97. The topological polar surface area (TPSA) is 54.3 Å². The molecular formula is C15H27N3O2S. The third-order valence-corrected chi connectivity index (χ3v) is 5.47. The minimum absolute atomic E-state index is 0.357. The molecule has 1 fully saturated rings. The van der Waals surface area contributed by atoms with Crippen LogP contribution in [0.5, 0.6) is 0 Å². The average Bonchev–Trinajstić information content (AvgIpc) is 2.87. The van der Waals surface area contributed by atoms with E-state index in [0.29, 0.717) is 25.0 Å². The van der Waals surface area contributed by atoms with Crippen molar-refractivity contribution in [3.05, 3.63) is 24.0 Å². The number of nitrogens with zero attached hydrogens (tertiary/aromatic N) is 2. The molecule has 1 saturated heterocycles. The van der Waals surface area contributed by atoms with Gasteiger partial charge >= 0.3 is 0 Å². The third kappa shape index (κ3) is 4.56. The van der Waals surface area contributed by atoms with Crippen LogP contribution in [0.15, 0.2) is 18.5 Å². The Kier molecular flexibility index (Phi) is 5.46. The van der Waals surface area contributed by atoms with E-state index in [2.05, 4.69) is 42.2 Å². The molecule has 1 aromatic heterocycles. The van der Waals surface area contributed by atoms with E-state index in [1.807, 2.05) is 0 Å². The molecular weight excluding hydrogens is 286 g/mol. The molecule has 0 aromatic carbocycles. The molecule has 0 bridgehead atoms. The number of aromatic nitrogens is 1. The number of hydrogen-bond donors (Lipinski definition) is 1. The van der Waals surface area contributed by atoms with Crippen molar-refractivity contribution in [1.82, 2.24) is 14.2 Å². The maximum absolute atomic E-state index is 11.7. The highest BCUT2D eigenvalue weighted by Gasteiger charge is 2.25. The van der Waals surface area contributed by atoms with Gasteiger partial charge in [0.1, 0.15) is 0 Å². The summed E-state index contributed by atoms with van der Waals surface area (Å²) >= 11 is 0. The number of rotatable bonds is 6. The Bertz CT molecular complexity index is 553. The summed E-state index contributed by atoms with van der Waals surface area (Å²) in [6.45, 7) is 7.44. The second kappa shape index (κ2) is 6.94. The summed E-state index contributed by atoms with van der Waals surface area (Å²) in [5.74, 6) is 0.406. The number of hydrogen-bond acceptors (Lipinski definition) is 3. The van der Waals surface area contributed by atoms with Crippen LogP contribution in [-0.2, 0) is 16.6 Å². The molecule has 0 saturated carbocycles. The van der Waals surface area contributed by atoms with Crippen LogP contribution < -0.4 is 5.32 Å². The van der Waals surface area contributed by atoms with E-state index >= 15 is 0 Å². The highest BCUT2D eigenvalue weighted by Crippen LogP contribution is 2.21. The van der Waals surface area contributed by atoms with Gasteiger partial charge in [-0.05, 0) is 43.9 Å². The zero-order chi connectivity index (χ0) is 15.5. The molecule has 1 N–H and O–H groups in total. The lowest BCUT2D eigenvalue weighted by Crippen LogP contribution is -2.40. The summed E-state index contributed by atoms with van der Waals surface area (Å²) in [5, 5.41) is 3.40. The molecule has 120 valence electrons. The monoisotopic (exact) mass is 313 g/mol. The molecule has 5 nitrogen and oxygen atoms in total. The fraction of sp³-hybridized carbons (Fsp3) is 0.733. The Hall–Kier alpha value is -0.850. The van der Waals surface area contributed by atoms with Crippen LogP contribution in [0.25, 0.3) is 0 Å². The highest BCUT2D eigenvalue weighted by molar-refractivity contribution is 7.88. The number of sulfonamides is 1. The SMILES string of the molecule is CCNC(C)c1ccn(CC2CCCN(S(C)(=O)=O)C2)c1. The lowest BCUT2D eigenvalue weighted by molar-refractivity contribution is 0.246. The standard InChI is InChI=1S/C15H27N3O2S/c1-4-16-13(2)15-7-9-17(12-15)10-14-6-5-8-18(11-14)21(3,19)20/h7,9,12-14,16H,4-6,8,10-11H2,1-3H3. The molecule has 1 aliphatic rings. The first-order valence-corrected chi connectivity index (χ1v) is 9.59. The molecule has 0 amide bonds. The van der Waals surface area contributed by atoms with Gasteiger partial charge in [-0.1, -0.05) is 6.92 Å². The average molecular weight is 313 g/mol. The van der Waals surface area contributed by atoms with Crippen molar-refractivity contribution in [2.45, 2.75) is 39.3 Å². The smallest absolute Gasteiger partial charge is 0.211 e. The first kappa shape index (κ1) is 16.5. The molecule has 0 aliphatic carbocycles. The van der Waals surface area contributed by atoms with Gasteiger partial charge in [0.05, 0.1) is 6.26 Å². The highest BCUT2D eigenvalue weighted by atomic mass is 32.2. The molecule has 6 heteroatoms. The number of piperidine rings is 1.